The predicted octanol–water partition coefficient (Wildman–Crippen LogP) is -1.06. The van der Waals surface area contributed by atoms with Gasteiger partial charge < -0.3 is 10.0 Å². The Bertz CT molecular complexity index is 333. The van der Waals surface area contributed by atoms with Gasteiger partial charge in [0.25, 0.3) is 0 Å². The lowest BCUT2D eigenvalue weighted by atomic mass is 9.78. The highest BCUT2D eigenvalue weighted by Gasteiger charge is 2.16. The Labute approximate surface area is 70.3 Å². The summed E-state index contributed by atoms with van der Waals surface area (Å²) in [4.78, 5) is 3.85. The van der Waals surface area contributed by atoms with Crippen LogP contribution in [0, 0.1) is 18.3 Å². The maximum Gasteiger partial charge on any atom is 0.489 e. The standard InChI is InChI=1S/C7H7BN2O2/c1-5-2-7(8(11)12)6(3-9)4-10-5/h2,4,11-12H,1H3. The van der Waals surface area contributed by atoms with E-state index in [1.807, 2.05) is 6.07 Å². The molecule has 1 aromatic rings. The van der Waals surface area contributed by atoms with E-state index in [1.165, 1.54) is 12.3 Å². The number of hydrogen-bond donors (Lipinski definition) is 2. The largest absolute Gasteiger partial charge is 0.489 e. The minimum absolute atomic E-state index is 0.190. The Morgan fingerprint density at radius 1 is 1.58 bits per heavy atom. The Hall–Kier alpha value is -1.38. The van der Waals surface area contributed by atoms with E-state index in [-0.39, 0.29) is 11.0 Å². The quantitative estimate of drug-likeness (QED) is 0.516. The van der Waals surface area contributed by atoms with Crippen LogP contribution in [-0.4, -0.2) is 22.2 Å². The highest BCUT2D eigenvalue weighted by Crippen LogP contribution is 1.95. The number of nitriles is 1. The molecule has 1 heterocycles. The average Bonchev–Trinajstić information content (AvgIpc) is 2.04. The van der Waals surface area contributed by atoms with Crippen LogP contribution in [0.4, 0.5) is 0 Å². The SMILES string of the molecule is Cc1cc(B(O)O)c(C#N)cn1. The zero-order valence-corrected chi connectivity index (χ0v) is 6.52. The van der Waals surface area contributed by atoms with Gasteiger partial charge in [0.05, 0.1) is 5.56 Å². The monoisotopic (exact) mass is 162 g/mol. The highest BCUT2D eigenvalue weighted by molar-refractivity contribution is 6.59. The molecule has 4 nitrogen and oxygen atoms in total. The van der Waals surface area contributed by atoms with Crippen molar-refractivity contribution in [3.05, 3.63) is 23.5 Å². The van der Waals surface area contributed by atoms with Gasteiger partial charge in [0, 0.05) is 17.4 Å². The van der Waals surface area contributed by atoms with Gasteiger partial charge in [0.2, 0.25) is 0 Å². The van der Waals surface area contributed by atoms with Gasteiger partial charge in [-0.25, -0.2) is 0 Å². The van der Waals surface area contributed by atoms with E-state index < -0.39 is 7.12 Å². The maximum atomic E-state index is 8.84. The number of hydrogen-bond acceptors (Lipinski definition) is 4. The Kier molecular flexibility index (Phi) is 2.43. The van der Waals surface area contributed by atoms with E-state index in [0.29, 0.717) is 5.69 Å². The Balaban J connectivity index is 3.24. The molecule has 0 radical (unpaired) electrons. The number of aromatic nitrogens is 1. The highest BCUT2D eigenvalue weighted by atomic mass is 16.4. The van der Waals surface area contributed by atoms with Crippen LogP contribution < -0.4 is 5.46 Å². The average molecular weight is 162 g/mol. The zero-order valence-electron chi connectivity index (χ0n) is 6.52. The first-order chi connectivity index (χ1) is 5.65. The van der Waals surface area contributed by atoms with Crippen LogP contribution in [0.15, 0.2) is 12.3 Å². The summed E-state index contributed by atoms with van der Waals surface area (Å²) in [6.45, 7) is 1.72. The van der Waals surface area contributed by atoms with Gasteiger partial charge in [0.15, 0.2) is 0 Å². The molecule has 0 amide bonds. The third-order valence-corrected chi connectivity index (χ3v) is 1.47. The second-order valence-corrected chi connectivity index (χ2v) is 2.40. The second kappa shape index (κ2) is 3.35. The Morgan fingerprint density at radius 2 is 2.25 bits per heavy atom. The molecule has 5 heteroatoms. The molecule has 0 aromatic carbocycles. The molecule has 0 unspecified atom stereocenters. The van der Waals surface area contributed by atoms with E-state index in [4.69, 9.17) is 15.3 Å². The van der Waals surface area contributed by atoms with Crippen LogP contribution >= 0.6 is 0 Å². The molecule has 0 bridgehead atoms. The molecule has 60 valence electrons. The molecule has 0 aliphatic carbocycles. The Morgan fingerprint density at radius 3 is 2.75 bits per heavy atom. The number of nitrogens with zero attached hydrogens (tertiary/aromatic N) is 2. The normalized spacial score (nSPS) is 9.17. The summed E-state index contributed by atoms with van der Waals surface area (Å²) in [6, 6.07) is 3.30. The molecule has 0 aliphatic rings. The molecule has 0 aliphatic heterocycles. The summed E-state index contributed by atoms with van der Waals surface area (Å²) >= 11 is 0. The molecule has 0 fully saturated rings. The van der Waals surface area contributed by atoms with Crippen molar-refractivity contribution in [1.29, 1.82) is 5.26 Å². The molecule has 0 saturated carbocycles. The molecule has 1 aromatic heterocycles. The van der Waals surface area contributed by atoms with Gasteiger partial charge in [0.1, 0.15) is 6.07 Å². The fourth-order valence-corrected chi connectivity index (χ4v) is 0.888. The van der Waals surface area contributed by atoms with Gasteiger partial charge in [-0.2, -0.15) is 5.26 Å². The van der Waals surface area contributed by atoms with Crippen molar-refractivity contribution < 1.29 is 10.0 Å². The number of aryl methyl sites for hydroxylation is 1. The van der Waals surface area contributed by atoms with Crippen LogP contribution in [0.2, 0.25) is 0 Å². The molecule has 1 rings (SSSR count). The first-order valence-corrected chi connectivity index (χ1v) is 3.38. The predicted molar refractivity (Wildman–Crippen MR) is 43.5 cm³/mol. The van der Waals surface area contributed by atoms with Crippen LogP contribution in [0.1, 0.15) is 11.3 Å². The van der Waals surface area contributed by atoms with Crippen molar-refractivity contribution >= 4 is 12.6 Å². The van der Waals surface area contributed by atoms with Gasteiger partial charge >= 0.3 is 7.12 Å². The lowest BCUT2D eigenvalue weighted by Gasteiger charge is -2.01. The summed E-state index contributed by atoms with van der Waals surface area (Å²) in [5, 5.41) is 26.2. The van der Waals surface area contributed by atoms with Crippen molar-refractivity contribution in [2.75, 3.05) is 0 Å². The summed E-state index contributed by atoms with van der Waals surface area (Å²) in [5.74, 6) is 0. The number of rotatable bonds is 1. The van der Waals surface area contributed by atoms with E-state index >= 15 is 0 Å². The van der Waals surface area contributed by atoms with Crippen molar-refractivity contribution in [2.45, 2.75) is 6.92 Å². The van der Waals surface area contributed by atoms with E-state index in [2.05, 4.69) is 4.98 Å². The van der Waals surface area contributed by atoms with Crippen molar-refractivity contribution in [2.24, 2.45) is 0 Å². The van der Waals surface area contributed by atoms with Crippen molar-refractivity contribution in [3.63, 3.8) is 0 Å². The summed E-state index contributed by atoms with van der Waals surface area (Å²) in [5.41, 5.74) is 1.04. The lowest BCUT2D eigenvalue weighted by Crippen LogP contribution is -2.32. The molecule has 0 saturated heterocycles. The van der Waals surface area contributed by atoms with E-state index in [9.17, 15) is 0 Å². The first-order valence-electron chi connectivity index (χ1n) is 3.38. The van der Waals surface area contributed by atoms with E-state index in [0.717, 1.165) is 0 Å². The van der Waals surface area contributed by atoms with Crippen LogP contribution in [0.3, 0.4) is 0 Å². The van der Waals surface area contributed by atoms with Crippen LogP contribution in [0.25, 0.3) is 0 Å². The number of pyridine rings is 1. The third-order valence-electron chi connectivity index (χ3n) is 1.47. The molecule has 2 N–H and O–H groups in total. The summed E-state index contributed by atoms with van der Waals surface area (Å²) < 4.78 is 0. The third kappa shape index (κ3) is 1.61. The summed E-state index contributed by atoms with van der Waals surface area (Å²) in [7, 11) is -1.61. The van der Waals surface area contributed by atoms with Crippen LogP contribution in [-0.2, 0) is 0 Å². The smallest absolute Gasteiger partial charge is 0.423 e. The first kappa shape index (κ1) is 8.72. The van der Waals surface area contributed by atoms with Gasteiger partial charge in [-0.3, -0.25) is 4.98 Å². The zero-order chi connectivity index (χ0) is 9.14. The minimum atomic E-state index is -1.61. The van der Waals surface area contributed by atoms with Crippen molar-refractivity contribution in [3.8, 4) is 6.07 Å². The molecule has 12 heavy (non-hydrogen) atoms. The molecular weight excluding hydrogens is 155 g/mol. The van der Waals surface area contributed by atoms with Gasteiger partial charge in [-0.05, 0) is 13.0 Å². The molecular formula is C7H7BN2O2. The lowest BCUT2D eigenvalue weighted by molar-refractivity contribution is 0.425. The maximum absolute atomic E-state index is 8.84. The fourth-order valence-electron chi connectivity index (χ4n) is 0.888. The molecule has 0 atom stereocenters. The molecule has 0 spiro atoms. The van der Waals surface area contributed by atoms with Gasteiger partial charge in [-0.1, -0.05) is 0 Å². The van der Waals surface area contributed by atoms with Crippen molar-refractivity contribution in [1.82, 2.24) is 4.98 Å². The topological polar surface area (TPSA) is 77.1 Å². The van der Waals surface area contributed by atoms with Gasteiger partial charge in [-0.15, -0.1) is 0 Å². The second-order valence-electron chi connectivity index (χ2n) is 2.40. The summed E-state index contributed by atoms with van der Waals surface area (Å²) in [6.07, 6.45) is 1.32. The fraction of sp³-hybridized carbons (Fsp3) is 0.143. The van der Waals surface area contributed by atoms with E-state index in [1.54, 1.807) is 6.92 Å². The van der Waals surface area contributed by atoms with Crippen LogP contribution in [0.5, 0.6) is 0 Å². The minimum Gasteiger partial charge on any atom is -0.423 e.